The fourth-order valence-electron chi connectivity index (χ4n) is 1.96. The van der Waals surface area contributed by atoms with Crippen LogP contribution in [0.3, 0.4) is 0 Å². The van der Waals surface area contributed by atoms with Crippen LogP contribution in [0.15, 0.2) is 29.2 Å². The van der Waals surface area contributed by atoms with E-state index >= 15 is 0 Å². The normalized spacial score (nSPS) is 13.6. The van der Waals surface area contributed by atoms with E-state index in [2.05, 4.69) is 30.8 Å². The van der Waals surface area contributed by atoms with Gasteiger partial charge in [-0.3, -0.25) is 0 Å². The zero-order valence-corrected chi connectivity index (χ0v) is 12.2. The second-order valence-electron chi connectivity index (χ2n) is 4.88. The molecule has 0 saturated carbocycles. The van der Waals surface area contributed by atoms with Crippen LogP contribution in [0.4, 0.5) is 5.69 Å². The first kappa shape index (κ1) is 15.0. The maximum absolute atomic E-state index is 11.9. The Bertz CT molecular complexity index is 484. The van der Waals surface area contributed by atoms with Gasteiger partial charge in [0, 0.05) is 6.04 Å². The zero-order valence-electron chi connectivity index (χ0n) is 11.4. The van der Waals surface area contributed by atoms with E-state index in [0.717, 1.165) is 6.42 Å². The molecular weight excluding hydrogens is 248 g/mol. The van der Waals surface area contributed by atoms with Crippen LogP contribution in [-0.2, 0) is 10.0 Å². The van der Waals surface area contributed by atoms with Crippen molar-refractivity contribution in [3.63, 3.8) is 0 Å². The van der Waals surface area contributed by atoms with Crippen molar-refractivity contribution in [3.05, 3.63) is 24.3 Å². The Morgan fingerprint density at radius 2 is 1.78 bits per heavy atom. The molecule has 18 heavy (non-hydrogen) atoms. The van der Waals surface area contributed by atoms with Crippen molar-refractivity contribution in [2.75, 3.05) is 12.4 Å². The molecule has 0 radical (unpaired) electrons. The lowest BCUT2D eigenvalue weighted by molar-refractivity contribution is 0.539. The molecule has 0 spiro atoms. The Balaban J connectivity index is 2.97. The lowest BCUT2D eigenvalue weighted by Gasteiger charge is -2.19. The number of anilines is 1. The molecule has 0 aromatic heterocycles. The minimum Gasteiger partial charge on any atom is -0.381 e. The van der Waals surface area contributed by atoms with E-state index in [0.29, 0.717) is 16.5 Å². The summed E-state index contributed by atoms with van der Waals surface area (Å²) >= 11 is 0. The Hall–Kier alpha value is -1.07. The van der Waals surface area contributed by atoms with Crippen molar-refractivity contribution in [2.24, 2.45) is 5.92 Å². The first-order chi connectivity index (χ1) is 8.36. The maximum Gasteiger partial charge on any atom is 0.242 e. The third-order valence-electron chi connectivity index (χ3n) is 2.67. The minimum absolute atomic E-state index is 0.234. The number of para-hydroxylation sites is 1. The number of rotatable bonds is 6. The number of benzene rings is 1. The number of hydrogen-bond donors (Lipinski definition) is 2. The van der Waals surface area contributed by atoms with Gasteiger partial charge < -0.3 is 5.32 Å². The van der Waals surface area contributed by atoms with Crippen molar-refractivity contribution in [3.8, 4) is 0 Å². The first-order valence-corrected chi connectivity index (χ1v) is 7.64. The molecular formula is C13H22N2O2S. The van der Waals surface area contributed by atoms with Crippen LogP contribution in [0.2, 0.25) is 0 Å². The number of hydrogen-bond acceptors (Lipinski definition) is 3. The summed E-state index contributed by atoms with van der Waals surface area (Å²) in [5.41, 5.74) is 0.653. The van der Waals surface area contributed by atoms with Gasteiger partial charge in [0.15, 0.2) is 0 Å². The quantitative estimate of drug-likeness (QED) is 0.834. The standard InChI is InChI=1S/C13H22N2O2S/c1-10(2)9-11(3)15-12-7-5-6-8-13(12)18(16,17)14-4/h5-8,10-11,14-15H,9H2,1-4H3. The summed E-state index contributed by atoms with van der Waals surface area (Å²) in [4.78, 5) is 0.295. The van der Waals surface area contributed by atoms with Crippen LogP contribution >= 0.6 is 0 Å². The van der Waals surface area contributed by atoms with Crippen molar-refractivity contribution in [2.45, 2.75) is 38.1 Å². The molecule has 1 unspecified atom stereocenters. The van der Waals surface area contributed by atoms with E-state index in [-0.39, 0.29) is 6.04 Å². The van der Waals surface area contributed by atoms with Crippen molar-refractivity contribution in [1.82, 2.24) is 4.72 Å². The van der Waals surface area contributed by atoms with Crippen LogP contribution in [0.5, 0.6) is 0 Å². The largest absolute Gasteiger partial charge is 0.381 e. The summed E-state index contributed by atoms with van der Waals surface area (Å²) in [5.74, 6) is 0.570. The van der Waals surface area contributed by atoms with Gasteiger partial charge in [0.2, 0.25) is 10.0 Å². The SMILES string of the molecule is CNS(=O)(=O)c1ccccc1NC(C)CC(C)C. The Labute approximate surface area is 110 Å². The molecule has 0 aliphatic rings. The molecule has 2 N–H and O–H groups in total. The molecule has 0 bridgehead atoms. The molecule has 0 fully saturated rings. The molecule has 0 heterocycles. The molecule has 102 valence electrons. The predicted molar refractivity (Wildman–Crippen MR) is 75.2 cm³/mol. The van der Waals surface area contributed by atoms with Gasteiger partial charge >= 0.3 is 0 Å². The average molecular weight is 270 g/mol. The summed E-state index contributed by atoms with van der Waals surface area (Å²) < 4.78 is 26.1. The lowest BCUT2D eigenvalue weighted by Crippen LogP contribution is -2.23. The van der Waals surface area contributed by atoms with Gasteiger partial charge in [-0.2, -0.15) is 0 Å². The predicted octanol–water partition coefficient (Wildman–Crippen LogP) is 2.44. The Kier molecular flexibility index (Phi) is 5.16. The van der Waals surface area contributed by atoms with Gasteiger partial charge in [-0.1, -0.05) is 26.0 Å². The monoisotopic (exact) mass is 270 g/mol. The van der Waals surface area contributed by atoms with Gasteiger partial charge in [0.05, 0.1) is 5.69 Å². The third kappa shape index (κ3) is 3.99. The highest BCUT2D eigenvalue weighted by molar-refractivity contribution is 7.89. The lowest BCUT2D eigenvalue weighted by atomic mass is 10.1. The van der Waals surface area contributed by atoms with Crippen molar-refractivity contribution < 1.29 is 8.42 Å². The summed E-state index contributed by atoms with van der Waals surface area (Å²) in [5, 5.41) is 3.26. The van der Waals surface area contributed by atoms with E-state index in [1.807, 2.05) is 6.07 Å². The topological polar surface area (TPSA) is 58.2 Å². The average Bonchev–Trinajstić information content (AvgIpc) is 2.28. The van der Waals surface area contributed by atoms with Gasteiger partial charge in [0.1, 0.15) is 4.90 Å². The van der Waals surface area contributed by atoms with E-state index < -0.39 is 10.0 Å². The molecule has 0 amide bonds. The Morgan fingerprint density at radius 1 is 1.17 bits per heavy atom. The maximum atomic E-state index is 11.9. The minimum atomic E-state index is -3.42. The van der Waals surface area contributed by atoms with E-state index in [9.17, 15) is 8.42 Å². The second kappa shape index (κ2) is 6.20. The molecule has 1 rings (SSSR count). The van der Waals surface area contributed by atoms with Crippen LogP contribution in [0.1, 0.15) is 27.2 Å². The van der Waals surface area contributed by atoms with Gasteiger partial charge in [-0.15, -0.1) is 0 Å². The summed E-state index contributed by atoms with van der Waals surface area (Å²) in [6.07, 6.45) is 0.994. The molecule has 1 aromatic rings. The number of sulfonamides is 1. The summed E-state index contributed by atoms with van der Waals surface area (Å²) in [6, 6.07) is 7.19. The third-order valence-corrected chi connectivity index (χ3v) is 4.14. The summed E-state index contributed by atoms with van der Waals surface area (Å²) in [7, 11) is -2.00. The van der Waals surface area contributed by atoms with E-state index in [4.69, 9.17) is 0 Å². The smallest absolute Gasteiger partial charge is 0.242 e. The zero-order chi connectivity index (χ0) is 13.8. The van der Waals surface area contributed by atoms with E-state index in [1.165, 1.54) is 7.05 Å². The highest BCUT2D eigenvalue weighted by atomic mass is 32.2. The molecule has 0 aliphatic carbocycles. The van der Waals surface area contributed by atoms with Gasteiger partial charge in [0.25, 0.3) is 0 Å². The van der Waals surface area contributed by atoms with Gasteiger partial charge in [-0.25, -0.2) is 13.1 Å². The van der Waals surface area contributed by atoms with E-state index in [1.54, 1.807) is 18.2 Å². The fraction of sp³-hybridized carbons (Fsp3) is 0.538. The van der Waals surface area contributed by atoms with Crippen molar-refractivity contribution >= 4 is 15.7 Å². The second-order valence-corrected chi connectivity index (χ2v) is 6.73. The van der Waals surface area contributed by atoms with Gasteiger partial charge in [-0.05, 0) is 38.4 Å². The van der Waals surface area contributed by atoms with Crippen LogP contribution in [-0.4, -0.2) is 21.5 Å². The highest BCUT2D eigenvalue weighted by Crippen LogP contribution is 2.22. The first-order valence-electron chi connectivity index (χ1n) is 6.16. The molecule has 1 aromatic carbocycles. The molecule has 5 heteroatoms. The van der Waals surface area contributed by atoms with Crippen molar-refractivity contribution in [1.29, 1.82) is 0 Å². The molecule has 4 nitrogen and oxygen atoms in total. The summed E-state index contributed by atoms with van der Waals surface area (Å²) in [6.45, 7) is 6.35. The molecule has 1 atom stereocenters. The fourth-order valence-corrected chi connectivity index (χ4v) is 2.86. The van der Waals surface area contributed by atoms with Crippen LogP contribution in [0.25, 0.3) is 0 Å². The molecule has 0 aliphatic heterocycles. The van der Waals surface area contributed by atoms with Crippen LogP contribution in [0, 0.1) is 5.92 Å². The Morgan fingerprint density at radius 3 is 2.33 bits per heavy atom. The van der Waals surface area contributed by atoms with Crippen LogP contribution < -0.4 is 10.0 Å². The molecule has 0 saturated heterocycles. The highest BCUT2D eigenvalue weighted by Gasteiger charge is 2.17. The number of nitrogens with one attached hydrogen (secondary N) is 2.